The molecule has 1 saturated carbocycles. The molecular formula is C25H27N3O4. The molecule has 1 N–H and O–H groups in total. The second kappa shape index (κ2) is 10.1. The topological polar surface area (TPSA) is 99.5 Å². The molecule has 32 heavy (non-hydrogen) atoms. The minimum absolute atomic E-state index is 0.150. The number of ether oxygens (including phenoxy) is 1. The van der Waals surface area contributed by atoms with E-state index in [4.69, 9.17) is 4.74 Å². The Balaban J connectivity index is 1.66. The lowest BCUT2D eigenvalue weighted by molar-refractivity contribution is -0.138. The maximum Gasteiger partial charge on any atom is 0.340 e. The lowest BCUT2D eigenvalue weighted by atomic mass is 9.81. The van der Waals surface area contributed by atoms with Crippen LogP contribution in [0.15, 0.2) is 48.5 Å². The zero-order valence-corrected chi connectivity index (χ0v) is 18.4. The average molecular weight is 434 g/mol. The normalized spacial score (nSPS) is 14.7. The van der Waals surface area contributed by atoms with E-state index >= 15 is 0 Å². The van der Waals surface area contributed by atoms with Gasteiger partial charge in [0.15, 0.2) is 6.61 Å². The lowest BCUT2D eigenvalue weighted by Crippen LogP contribution is -2.51. The van der Waals surface area contributed by atoms with Crippen molar-refractivity contribution in [3.05, 3.63) is 65.2 Å². The Bertz CT molecular complexity index is 1050. The van der Waals surface area contributed by atoms with Crippen LogP contribution in [0.25, 0.3) is 0 Å². The Morgan fingerprint density at radius 3 is 2.50 bits per heavy atom. The van der Waals surface area contributed by atoms with E-state index in [0.717, 1.165) is 24.8 Å². The van der Waals surface area contributed by atoms with Crippen molar-refractivity contribution in [3.8, 4) is 6.07 Å². The molecular weight excluding hydrogens is 406 g/mol. The Labute approximate surface area is 188 Å². The highest BCUT2D eigenvalue weighted by molar-refractivity contribution is 6.08. The van der Waals surface area contributed by atoms with Crippen molar-refractivity contribution in [1.29, 1.82) is 5.26 Å². The molecule has 0 unspecified atom stereocenters. The van der Waals surface area contributed by atoms with Crippen molar-refractivity contribution in [2.24, 2.45) is 0 Å². The van der Waals surface area contributed by atoms with Gasteiger partial charge in [-0.2, -0.15) is 5.26 Å². The van der Waals surface area contributed by atoms with Crippen molar-refractivity contribution < 1.29 is 19.1 Å². The molecule has 1 fully saturated rings. The van der Waals surface area contributed by atoms with Gasteiger partial charge in [0.1, 0.15) is 5.54 Å². The van der Waals surface area contributed by atoms with Gasteiger partial charge in [-0.1, -0.05) is 49.1 Å². The molecule has 0 bridgehead atoms. The van der Waals surface area contributed by atoms with Crippen LogP contribution in [0.4, 0.5) is 5.69 Å². The third-order valence-corrected chi connectivity index (χ3v) is 5.91. The molecule has 2 aromatic rings. The monoisotopic (exact) mass is 433 g/mol. The summed E-state index contributed by atoms with van der Waals surface area (Å²) in [6.45, 7) is 1.42. The molecule has 3 rings (SSSR count). The summed E-state index contributed by atoms with van der Waals surface area (Å²) in [6.07, 6.45) is 4.06. The van der Waals surface area contributed by atoms with E-state index < -0.39 is 24.0 Å². The molecule has 0 radical (unpaired) electrons. The predicted octanol–water partition coefficient (Wildman–Crippen LogP) is 4.09. The Morgan fingerprint density at radius 2 is 1.81 bits per heavy atom. The van der Waals surface area contributed by atoms with Crippen LogP contribution in [0.2, 0.25) is 0 Å². The number of esters is 1. The number of aryl methyl sites for hydroxylation is 1. The fourth-order valence-electron chi connectivity index (χ4n) is 3.95. The summed E-state index contributed by atoms with van der Waals surface area (Å²) in [4.78, 5) is 39.3. The van der Waals surface area contributed by atoms with E-state index in [0.29, 0.717) is 24.1 Å². The molecule has 7 nitrogen and oxygen atoms in total. The summed E-state index contributed by atoms with van der Waals surface area (Å²) in [5.41, 5.74) is 1.02. The zero-order valence-electron chi connectivity index (χ0n) is 18.4. The number of hydrogen-bond donors (Lipinski definition) is 1. The molecule has 2 amide bonds. The molecule has 166 valence electrons. The quantitative estimate of drug-likeness (QED) is 0.692. The van der Waals surface area contributed by atoms with Gasteiger partial charge in [0, 0.05) is 12.6 Å². The van der Waals surface area contributed by atoms with Gasteiger partial charge in [-0.15, -0.1) is 0 Å². The van der Waals surface area contributed by atoms with E-state index in [2.05, 4.69) is 11.4 Å². The number of nitrogens with zero attached hydrogens (tertiary/aromatic N) is 2. The number of amides is 2. The number of rotatable bonds is 6. The van der Waals surface area contributed by atoms with Crippen molar-refractivity contribution in [2.45, 2.75) is 44.6 Å². The molecule has 0 aliphatic heterocycles. The molecule has 7 heteroatoms. The SMILES string of the molecule is Cc1cccc(C(=O)Nc2ccccc2C(=O)OCC(=O)N(C)C2(C#N)CCCCC2)c1. The van der Waals surface area contributed by atoms with Crippen LogP contribution in [0, 0.1) is 18.3 Å². The molecule has 0 atom stereocenters. The number of benzene rings is 2. The van der Waals surface area contributed by atoms with Crippen molar-refractivity contribution in [2.75, 3.05) is 19.0 Å². The molecule has 0 spiro atoms. The summed E-state index contributed by atoms with van der Waals surface area (Å²) in [6, 6.07) is 15.9. The van der Waals surface area contributed by atoms with E-state index in [-0.39, 0.29) is 11.5 Å². The minimum Gasteiger partial charge on any atom is -0.452 e. The highest BCUT2D eigenvalue weighted by Gasteiger charge is 2.39. The van der Waals surface area contributed by atoms with E-state index in [1.807, 2.05) is 13.0 Å². The van der Waals surface area contributed by atoms with Gasteiger partial charge in [0.05, 0.1) is 17.3 Å². The van der Waals surface area contributed by atoms with Crippen LogP contribution in [-0.4, -0.2) is 41.9 Å². The van der Waals surface area contributed by atoms with Crippen LogP contribution < -0.4 is 5.32 Å². The Morgan fingerprint density at radius 1 is 1.09 bits per heavy atom. The second-order valence-electron chi connectivity index (χ2n) is 8.10. The first-order valence-electron chi connectivity index (χ1n) is 10.7. The molecule has 0 saturated heterocycles. The Hall–Kier alpha value is -3.66. The van der Waals surface area contributed by atoms with Crippen molar-refractivity contribution >= 4 is 23.5 Å². The summed E-state index contributed by atoms with van der Waals surface area (Å²) in [7, 11) is 1.58. The molecule has 1 aliphatic rings. The highest BCUT2D eigenvalue weighted by atomic mass is 16.5. The van der Waals surface area contributed by atoms with E-state index in [1.54, 1.807) is 43.4 Å². The van der Waals surface area contributed by atoms with Gasteiger partial charge in [-0.05, 0) is 44.0 Å². The number of likely N-dealkylation sites (N-methyl/N-ethyl adjacent to an activating group) is 1. The lowest BCUT2D eigenvalue weighted by Gasteiger charge is -2.38. The van der Waals surface area contributed by atoms with Crippen LogP contribution in [0.5, 0.6) is 0 Å². The van der Waals surface area contributed by atoms with Gasteiger partial charge >= 0.3 is 5.97 Å². The average Bonchev–Trinajstić information content (AvgIpc) is 2.82. The molecule has 2 aromatic carbocycles. The first kappa shape index (κ1) is 23.0. The maximum absolute atomic E-state index is 12.7. The first-order chi connectivity index (χ1) is 15.4. The summed E-state index contributed by atoms with van der Waals surface area (Å²) in [5, 5.41) is 12.4. The minimum atomic E-state index is -0.846. The predicted molar refractivity (Wildman–Crippen MR) is 120 cm³/mol. The van der Waals surface area contributed by atoms with Gasteiger partial charge in [0.25, 0.3) is 11.8 Å². The summed E-state index contributed by atoms with van der Waals surface area (Å²) in [5.74, 6) is -1.50. The number of carbonyl (C=O) groups excluding carboxylic acids is 3. The van der Waals surface area contributed by atoms with Crippen LogP contribution in [0.3, 0.4) is 0 Å². The number of nitrogens with one attached hydrogen (secondary N) is 1. The molecule has 0 heterocycles. The van der Waals surface area contributed by atoms with Gasteiger partial charge in [0.2, 0.25) is 0 Å². The van der Waals surface area contributed by atoms with E-state index in [9.17, 15) is 19.6 Å². The zero-order chi connectivity index (χ0) is 23.1. The number of hydrogen-bond acceptors (Lipinski definition) is 5. The molecule has 0 aromatic heterocycles. The van der Waals surface area contributed by atoms with Gasteiger partial charge in [-0.3, -0.25) is 9.59 Å². The fraction of sp³-hybridized carbons (Fsp3) is 0.360. The van der Waals surface area contributed by atoms with Crippen LogP contribution >= 0.6 is 0 Å². The third-order valence-electron chi connectivity index (χ3n) is 5.91. The number of para-hydroxylation sites is 1. The Kier molecular flexibility index (Phi) is 7.26. The number of nitriles is 1. The smallest absolute Gasteiger partial charge is 0.340 e. The van der Waals surface area contributed by atoms with Crippen LogP contribution in [-0.2, 0) is 9.53 Å². The third kappa shape index (κ3) is 5.14. The van der Waals surface area contributed by atoms with Crippen molar-refractivity contribution in [1.82, 2.24) is 4.90 Å². The van der Waals surface area contributed by atoms with Gasteiger partial charge in [-0.25, -0.2) is 4.79 Å². The van der Waals surface area contributed by atoms with Crippen LogP contribution in [0.1, 0.15) is 58.4 Å². The number of carbonyl (C=O) groups is 3. The number of anilines is 1. The largest absolute Gasteiger partial charge is 0.452 e. The van der Waals surface area contributed by atoms with Gasteiger partial charge < -0.3 is 15.0 Å². The summed E-state index contributed by atoms with van der Waals surface area (Å²) >= 11 is 0. The maximum atomic E-state index is 12.7. The molecule has 1 aliphatic carbocycles. The standard InChI is InChI=1S/C25H27N3O4/c1-18-9-8-10-19(15-18)23(30)27-21-12-5-4-11-20(21)24(31)32-16-22(29)28(2)25(17-26)13-6-3-7-14-25/h4-5,8-12,15H,3,6-7,13-14,16H2,1-2H3,(H,27,30). The first-order valence-corrected chi connectivity index (χ1v) is 10.7. The summed E-state index contributed by atoms with van der Waals surface area (Å²) < 4.78 is 5.25. The fourth-order valence-corrected chi connectivity index (χ4v) is 3.95. The second-order valence-corrected chi connectivity index (χ2v) is 8.10. The van der Waals surface area contributed by atoms with Crippen molar-refractivity contribution in [3.63, 3.8) is 0 Å². The highest BCUT2D eigenvalue weighted by Crippen LogP contribution is 2.32. The van der Waals surface area contributed by atoms with E-state index in [1.165, 1.54) is 11.0 Å².